The fourth-order valence-corrected chi connectivity index (χ4v) is 3.96. The molecular weight excluding hydrogens is 329 g/mol. The maximum absolute atomic E-state index is 12.8. The molecular formula is C13H18FN3O3S2. The summed E-state index contributed by atoms with van der Waals surface area (Å²) in [5, 5.41) is 3.49. The Labute approximate surface area is 133 Å². The van der Waals surface area contributed by atoms with Crippen LogP contribution in [-0.4, -0.2) is 43.7 Å². The lowest BCUT2D eigenvalue weighted by Crippen LogP contribution is -2.42. The Hall–Kier alpha value is -1.32. The van der Waals surface area contributed by atoms with Gasteiger partial charge in [0.2, 0.25) is 15.9 Å². The van der Waals surface area contributed by atoms with E-state index < -0.39 is 10.0 Å². The van der Waals surface area contributed by atoms with Gasteiger partial charge in [-0.3, -0.25) is 4.79 Å². The molecule has 1 aliphatic rings. The van der Waals surface area contributed by atoms with Crippen molar-refractivity contribution in [3.63, 3.8) is 0 Å². The summed E-state index contributed by atoms with van der Waals surface area (Å²) in [6.07, 6.45) is 2.35. The van der Waals surface area contributed by atoms with Gasteiger partial charge in [-0.05, 0) is 31.9 Å². The standard InChI is InChI=1S/C13H18FN3O3S2/c1-2-22(19,20)17-7-5-10(6-8-17)13(18)16-15-9-11-3-4-12(14)21-11/h3-4,9-10H,2,5-8H2,1H3,(H,16,18)/b15-9+. The number of halogens is 1. The minimum absolute atomic E-state index is 0.0749. The Kier molecular flexibility index (Phi) is 5.65. The molecule has 0 spiro atoms. The maximum atomic E-state index is 12.8. The van der Waals surface area contributed by atoms with Crippen LogP contribution in [0.25, 0.3) is 0 Å². The molecule has 1 amide bonds. The van der Waals surface area contributed by atoms with Crippen LogP contribution in [0.5, 0.6) is 0 Å². The molecule has 0 unspecified atom stereocenters. The van der Waals surface area contributed by atoms with Crippen LogP contribution in [0.1, 0.15) is 24.6 Å². The molecule has 1 aliphatic heterocycles. The molecule has 122 valence electrons. The zero-order valence-electron chi connectivity index (χ0n) is 12.2. The number of hydrogen-bond donors (Lipinski definition) is 1. The van der Waals surface area contributed by atoms with E-state index in [1.165, 1.54) is 16.6 Å². The van der Waals surface area contributed by atoms with Crippen LogP contribution < -0.4 is 5.43 Å². The first kappa shape index (κ1) is 17.0. The lowest BCUT2D eigenvalue weighted by atomic mass is 9.98. The lowest BCUT2D eigenvalue weighted by Gasteiger charge is -2.29. The molecule has 1 saturated heterocycles. The molecule has 22 heavy (non-hydrogen) atoms. The van der Waals surface area contributed by atoms with E-state index in [-0.39, 0.29) is 22.7 Å². The van der Waals surface area contributed by atoms with Crippen molar-refractivity contribution < 1.29 is 17.6 Å². The number of sulfonamides is 1. The summed E-state index contributed by atoms with van der Waals surface area (Å²) >= 11 is 0.940. The monoisotopic (exact) mass is 347 g/mol. The van der Waals surface area contributed by atoms with Crippen molar-refractivity contribution in [2.45, 2.75) is 19.8 Å². The number of hydrogen-bond acceptors (Lipinski definition) is 5. The minimum Gasteiger partial charge on any atom is -0.273 e. The number of piperidine rings is 1. The molecule has 0 aromatic carbocycles. The molecule has 0 saturated carbocycles. The van der Waals surface area contributed by atoms with Gasteiger partial charge >= 0.3 is 0 Å². The van der Waals surface area contributed by atoms with E-state index in [0.717, 1.165) is 11.3 Å². The molecule has 9 heteroatoms. The summed E-state index contributed by atoms with van der Waals surface area (Å²) in [7, 11) is -3.18. The number of rotatable bonds is 5. The molecule has 2 heterocycles. The highest BCUT2D eigenvalue weighted by molar-refractivity contribution is 7.89. The van der Waals surface area contributed by atoms with Crippen LogP contribution in [0.3, 0.4) is 0 Å². The van der Waals surface area contributed by atoms with Crippen molar-refractivity contribution in [2.24, 2.45) is 11.0 Å². The molecule has 6 nitrogen and oxygen atoms in total. The normalized spacial score (nSPS) is 17.9. The first-order valence-electron chi connectivity index (χ1n) is 6.98. The number of amides is 1. The predicted molar refractivity (Wildman–Crippen MR) is 83.8 cm³/mol. The smallest absolute Gasteiger partial charge is 0.243 e. The van der Waals surface area contributed by atoms with Crippen LogP contribution >= 0.6 is 11.3 Å². The van der Waals surface area contributed by atoms with Crippen molar-refractivity contribution in [3.05, 3.63) is 22.1 Å². The van der Waals surface area contributed by atoms with Crippen molar-refractivity contribution >= 4 is 33.5 Å². The van der Waals surface area contributed by atoms with Crippen LogP contribution in [0.15, 0.2) is 17.2 Å². The Balaban J connectivity index is 1.81. The average molecular weight is 347 g/mol. The minimum atomic E-state index is -3.18. The predicted octanol–water partition coefficient (Wildman–Crippen LogP) is 1.40. The summed E-state index contributed by atoms with van der Waals surface area (Å²) in [6, 6.07) is 2.90. The highest BCUT2D eigenvalue weighted by Gasteiger charge is 2.29. The van der Waals surface area contributed by atoms with Gasteiger partial charge in [0.15, 0.2) is 5.13 Å². The molecule has 2 rings (SSSR count). The number of hydrazone groups is 1. The van der Waals surface area contributed by atoms with Gasteiger partial charge in [0.05, 0.1) is 16.8 Å². The lowest BCUT2D eigenvalue weighted by molar-refractivity contribution is -0.126. The van der Waals surface area contributed by atoms with Gasteiger partial charge in [0, 0.05) is 19.0 Å². The number of carbonyl (C=O) groups is 1. The zero-order valence-corrected chi connectivity index (χ0v) is 13.8. The second-order valence-electron chi connectivity index (χ2n) is 4.95. The Morgan fingerprint density at radius 2 is 2.18 bits per heavy atom. The SMILES string of the molecule is CCS(=O)(=O)N1CCC(C(=O)N/N=C/c2ccc(F)s2)CC1. The highest BCUT2D eigenvalue weighted by atomic mass is 32.2. The number of thiophene rings is 1. The van der Waals surface area contributed by atoms with Crippen LogP contribution in [0, 0.1) is 11.0 Å². The van der Waals surface area contributed by atoms with Gasteiger partial charge in [0.1, 0.15) is 0 Å². The van der Waals surface area contributed by atoms with E-state index in [9.17, 15) is 17.6 Å². The van der Waals surface area contributed by atoms with Crippen molar-refractivity contribution in [2.75, 3.05) is 18.8 Å². The molecule has 0 radical (unpaired) electrons. The Morgan fingerprint density at radius 1 is 1.50 bits per heavy atom. The average Bonchev–Trinajstić information content (AvgIpc) is 2.93. The topological polar surface area (TPSA) is 78.8 Å². The van der Waals surface area contributed by atoms with Gasteiger partial charge < -0.3 is 0 Å². The number of nitrogens with zero attached hydrogens (tertiary/aromatic N) is 2. The molecule has 1 aromatic rings. The largest absolute Gasteiger partial charge is 0.273 e. The van der Waals surface area contributed by atoms with Crippen LogP contribution in [-0.2, 0) is 14.8 Å². The third-order valence-corrected chi connectivity index (χ3v) is 6.23. The van der Waals surface area contributed by atoms with Gasteiger partial charge in [-0.15, -0.1) is 11.3 Å². The number of nitrogens with one attached hydrogen (secondary N) is 1. The molecule has 0 bridgehead atoms. The van der Waals surface area contributed by atoms with Gasteiger partial charge in [-0.25, -0.2) is 18.1 Å². The summed E-state index contributed by atoms with van der Waals surface area (Å²) in [5.41, 5.74) is 2.42. The summed E-state index contributed by atoms with van der Waals surface area (Å²) in [6.45, 7) is 2.32. The van der Waals surface area contributed by atoms with E-state index >= 15 is 0 Å². The molecule has 1 aromatic heterocycles. The Bertz CT molecular complexity index is 649. The van der Waals surface area contributed by atoms with Gasteiger partial charge in [0.25, 0.3) is 0 Å². The summed E-state index contributed by atoms with van der Waals surface area (Å²) < 4.78 is 37.7. The van der Waals surface area contributed by atoms with Crippen LogP contribution in [0.4, 0.5) is 4.39 Å². The zero-order chi connectivity index (χ0) is 16.2. The second kappa shape index (κ2) is 7.30. The van der Waals surface area contributed by atoms with Crippen molar-refractivity contribution in [1.82, 2.24) is 9.73 Å². The molecule has 0 atom stereocenters. The van der Waals surface area contributed by atoms with Crippen LogP contribution in [0.2, 0.25) is 0 Å². The highest BCUT2D eigenvalue weighted by Crippen LogP contribution is 2.20. The summed E-state index contributed by atoms with van der Waals surface area (Å²) in [4.78, 5) is 12.6. The van der Waals surface area contributed by atoms with E-state index in [2.05, 4.69) is 10.5 Å². The second-order valence-corrected chi connectivity index (χ2v) is 8.27. The number of carbonyl (C=O) groups excluding carboxylic acids is 1. The first-order chi connectivity index (χ1) is 10.4. The van der Waals surface area contributed by atoms with E-state index in [4.69, 9.17) is 0 Å². The third-order valence-electron chi connectivity index (χ3n) is 3.54. The van der Waals surface area contributed by atoms with Gasteiger partial charge in [-0.2, -0.15) is 9.49 Å². The summed E-state index contributed by atoms with van der Waals surface area (Å²) in [5.74, 6) is -0.409. The van der Waals surface area contributed by atoms with Crippen molar-refractivity contribution in [3.8, 4) is 0 Å². The third kappa shape index (κ3) is 4.34. The maximum Gasteiger partial charge on any atom is 0.243 e. The molecule has 0 aliphatic carbocycles. The first-order valence-corrected chi connectivity index (χ1v) is 9.41. The Morgan fingerprint density at radius 3 is 2.73 bits per heavy atom. The van der Waals surface area contributed by atoms with E-state index in [0.29, 0.717) is 30.8 Å². The van der Waals surface area contributed by atoms with Crippen molar-refractivity contribution in [1.29, 1.82) is 0 Å². The quantitative estimate of drug-likeness (QED) is 0.646. The van der Waals surface area contributed by atoms with Gasteiger partial charge in [-0.1, -0.05) is 0 Å². The van der Waals surface area contributed by atoms with E-state index in [1.54, 1.807) is 13.0 Å². The molecule has 1 fully saturated rings. The molecule has 1 N–H and O–H groups in total. The van der Waals surface area contributed by atoms with E-state index in [1.807, 2.05) is 0 Å². The fourth-order valence-electron chi connectivity index (χ4n) is 2.23. The fraction of sp³-hybridized carbons (Fsp3) is 0.538.